The Labute approximate surface area is 112 Å². The molecule has 0 saturated heterocycles. The van der Waals surface area contributed by atoms with Crippen molar-refractivity contribution < 1.29 is 4.74 Å². The molecule has 6 nitrogen and oxygen atoms in total. The van der Waals surface area contributed by atoms with Crippen LogP contribution in [0.4, 0.5) is 11.9 Å². The zero-order chi connectivity index (χ0) is 13.7. The van der Waals surface area contributed by atoms with Gasteiger partial charge >= 0.3 is 6.01 Å². The lowest BCUT2D eigenvalue weighted by atomic mass is 10.1. The molecule has 0 fully saturated rings. The fourth-order valence-corrected chi connectivity index (χ4v) is 1.62. The van der Waals surface area contributed by atoms with Crippen LogP contribution in [0.2, 0.25) is 0 Å². The molecule has 1 heterocycles. The summed E-state index contributed by atoms with van der Waals surface area (Å²) in [7, 11) is 3.28. The summed E-state index contributed by atoms with van der Waals surface area (Å²) in [6.45, 7) is 2.73. The molecule has 0 bridgehead atoms. The fraction of sp³-hybridized carbons (Fsp3) is 0.308. The van der Waals surface area contributed by atoms with Crippen molar-refractivity contribution in [3.05, 3.63) is 35.4 Å². The Balaban J connectivity index is 2.13. The maximum absolute atomic E-state index is 5.03. The highest BCUT2D eigenvalue weighted by Crippen LogP contribution is 2.13. The second-order valence-electron chi connectivity index (χ2n) is 4.00. The minimum atomic E-state index is 0.284. The van der Waals surface area contributed by atoms with E-state index >= 15 is 0 Å². The minimum absolute atomic E-state index is 0.284. The molecule has 6 heteroatoms. The first-order valence-electron chi connectivity index (χ1n) is 5.99. The van der Waals surface area contributed by atoms with E-state index in [4.69, 9.17) is 4.74 Å². The van der Waals surface area contributed by atoms with Gasteiger partial charge in [-0.3, -0.25) is 0 Å². The van der Waals surface area contributed by atoms with Crippen LogP contribution < -0.4 is 15.4 Å². The molecule has 0 spiro atoms. The summed E-state index contributed by atoms with van der Waals surface area (Å²) in [6, 6.07) is 8.46. The first-order chi connectivity index (χ1) is 9.22. The quantitative estimate of drug-likeness (QED) is 0.853. The molecule has 0 saturated carbocycles. The van der Waals surface area contributed by atoms with Crippen molar-refractivity contribution in [2.75, 3.05) is 24.8 Å². The predicted octanol–water partition coefficient (Wildman–Crippen LogP) is 1.84. The van der Waals surface area contributed by atoms with E-state index in [1.807, 2.05) is 12.1 Å². The summed E-state index contributed by atoms with van der Waals surface area (Å²) in [5, 5.41) is 6.04. The highest BCUT2D eigenvalue weighted by atomic mass is 16.5. The lowest BCUT2D eigenvalue weighted by molar-refractivity contribution is 0.379. The van der Waals surface area contributed by atoms with Crippen molar-refractivity contribution in [3.63, 3.8) is 0 Å². The molecule has 100 valence electrons. The molecule has 0 aliphatic heterocycles. The highest BCUT2D eigenvalue weighted by molar-refractivity contribution is 5.37. The molecule has 0 unspecified atom stereocenters. The first kappa shape index (κ1) is 13.1. The van der Waals surface area contributed by atoms with Crippen LogP contribution in [0.25, 0.3) is 0 Å². The van der Waals surface area contributed by atoms with Crippen LogP contribution in [0, 0.1) is 6.92 Å². The second kappa shape index (κ2) is 5.99. The third kappa shape index (κ3) is 3.31. The van der Waals surface area contributed by atoms with Gasteiger partial charge in [0.2, 0.25) is 11.9 Å². The molecule has 1 aromatic heterocycles. The van der Waals surface area contributed by atoms with Crippen LogP contribution in [0.3, 0.4) is 0 Å². The minimum Gasteiger partial charge on any atom is -0.467 e. The summed E-state index contributed by atoms with van der Waals surface area (Å²) >= 11 is 0. The summed E-state index contributed by atoms with van der Waals surface area (Å²) in [4.78, 5) is 12.4. The molecule has 1 aromatic carbocycles. The summed E-state index contributed by atoms with van der Waals surface area (Å²) < 4.78 is 5.03. The Hall–Kier alpha value is -2.37. The second-order valence-corrected chi connectivity index (χ2v) is 4.00. The molecular weight excluding hydrogens is 242 g/mol. The lowest BCUT2D eigenvalue weighted by Gasteiger charge is -2.09. The van der Waals surface area contributed by atoms with E-state index in [1.165, 1.54) is 18.2 Å². The maximum Gasteiger partial charge on any atom is 0.322 e. The van der Waals surface area contributed by atoms with Gasteiger partial charge in [0.15, 0.2) is 0 Å². The summed E-state index contributed by atoms with van der Waals surface area (Å²) in [6.07, 6.45) is 0. The van der Waals surface area contributed by atoms with Crippen molar-refractivity contribution >= 4 is 11.9 Å². The number of nitrogens with one attached hydrogen (secondary N) is 2. The Morgan fingerprint density at radius 3 is 2.53 bits per heavy atom. The van der Waals surface area contributed by atoms with Gasteiger partial charge in [0, 0.05) is 13.6 Å². The number of aromatic nitrogens is 3. The topological polar surface area (TPSA) is 72.0 Å². The normalized spacial score (nSPS) is 10.1. The van der Waals surface area contributed by atoms with Gasteiger partial charge in [-0.15, -0.1) is 0 Å². The van der Waals surface area contributed by atoms with Crippen molar-refractivity contribution in [1.82, 2.24) is 15.0 Å². The molecule has 19 heavy (non-hydrogen) atoms. The van der Waals surface area contributed by atoms with Gasteiger partial charge in [-0.1, -0.05) is 24.3 Å². The van der Waals surface area contributed by atoms with Crippen molar-refractivity contribution in [1.29, 1.82) is 0 Å². The number of nitrogens with zero attached hydrogens (tertiary/aromatic N) is 3. The molecule has 2 rings (SSSR count). The van der Waals surface area contributed by atoms with Gasteiger partial charge < -0.3 is 15.4 Å². The number of hydrogen-bond acceptors (Lipinski definition) is 6. The van der Waals surface area contributed by atoms with Gasteiger partial charge in [-0.25, -0.2) is 0 Å². The fourth-order valence-electron chi connectivity index (χ4n) is 1.62. The van der Waals surface area contributed by atoms with Crippen LogP contribution in [0.5, 0.6) is 6.01 Å². The van der Waals surface area contributed by atoms with Gasteiger partial charge in [-0.2, -0.15) is 15.0 Å². The molecule has 0 radical (unpaired) electrons. The number of benzene rings is 1. The number of ether oxygens (including phenoxy) is 1. The van der Waals surface area contributed by atoms with E-state index in [-0.39, 0.29) is 6.01 Å². The third-order valence-corrected chi connectivity index (χ3v) is 2.72. The van der Waals surface area contributed by atoms with Crippen molar-refractivity contribution in [2.24, 2.45) is 0 Å². The number of anilines is 2. The van der Waals surface area contributed by atoms with Crippen LogP contribution in [-0.4, -0.2) is 29.1 Å². The first-order valence-corrected chi connectivity index (χ1v) is 5.99. The van der Waals surface area contributed by atoms with Crippen molar-refractivity contribution in [2.45, 2.75) is 13.5 Å². The Morgan fingerprint density at radius 2 is 1.84 bits per heavy atom. The van der Waals surface area contributed by atoms with E-state index in [0.29, 0.717) is 18.4 Å². The zero-order valence-corrected chi connectivity index (χ0v) is 11.3. The van der Waals surface area contributed by atoms with E-state index in [9.17, 15) is 0 Å². The average Bonchev–Trinajstić information content (AvgIpc) is 2.46. The van der Waals surface area contributed by atoms with Crippen LogP contribution in [0.1, 0.15) is 11.1 Å². The average molecular weight is 259 g/mol. The van der Waals surface area contributed by atoms with Gasteiger partial charge in [0.25, 0.3) is 0 Å². The Bertz CT molecular complexity index is 536. The third-order valence-electron chi connectivity index (χ3n) is 2.72. The molecule has 0 aliphatic carbocycles. The monoisotopic (exact) mass is 259 g/mol. The van der Waals surface area contributed by atoms with Gasteiger partial charge in [-0.05, 0) is 18.1 Å². The van der Waals surface area contributed by atoms with Crippen LogP contribution in [0.15, 0.2) is 24.3 Å². The Morgan fingerprint density at radius 1 is 1.11 bits per heavy atom. The standard InChI is InChI=1S/C13H17N5O/c1-9-6-4-5-7-10(9)8-15-12-16-11(14-2)17-13(18-12)19-3/h4-7H,8H2,1-3H3,(H2,14,15,16,17,18). The molecule has 2 aromatic rings. The molecular formula is C13H17N5O. The van der Waals surface area contributed by atoms with E-state index in [0.717, 1.165) is 0 Å². The number of rotatable bonds is 5. The highest BCUT2D eigenvalue weighted by Gasteiger charge is 2.05. The number of hydrogen-bond donors (Lipinski definition) is 2. The Kier molecular flexibility index (Phi) is 4.12. The predicted molar refractivity (Wildman–Crippen MR) is 74.4 cm³/mol. The van der Waals surface area contributed by atoms with Crippen LogP contribution in [-0.2, 0) is 6.54 Å². The molecule has 2 N–H and O–H groups in total. The number of methoxy groups -OCH3 is 1. The number of aryl methyl sites for hydroxylation is 1. The van der Waals surface area contributed by atoms with E-state index in [2.05, 4.69) is 44.6 Å². The van der Waals surface area contributed by atoms with Crippen LogP contribution >= 0.6 is 0 Å². The smallest absolute Gasteiger partial charge is 0.322 e. The van der Waals surface area contributed by atoms with E-state index < -0.39 is 0 Å². The zero-order valence-electron chi connectivity index (χ0n) is 11.3. The maximum atomic E-state index is 5.03. The van der Waals surface area contributed by atoms with Gasteiger partial charge in [0.05, 0.1) is 7.11 Å². The lowest BCUT2D eigenvalue weighted by Crippen LogP contribution is -2.09. The summed E-state index contributed by atoms with van der Waals surface area (Å²) in [5.74, 6) is 0.957. The molecule has 0 amide bonds. The SMILES string of the molecule is CNc1nc(NCc2ccccc2C)nc(OC)n1. The van der Waals surface area contributed by atoms with Gasteiger partial charge in [0.1, 0.15) is 0 Å². The largest absolute Gasteiger partial charge is 0.467 e. The molecule has 0 atom stereocenters. The van der Waals surface area contributed by atoms with Crippen molar-refractivity contribution in [3.8, 4) is 6.01 Å². The molecule has 0 aliphatic rings. The summed E-state index contributed by atoms with van der Waals surface area (Å²) in [5.41, 5.74) is 2.43. The van der Waals surface area contributed by atoms with E-state index in [1.54, 1.807) is 7.05 Å².